The van der Waals surface area contributed by atoms with Crippen LogP contribution in [0.4, 0.5) is 0 Å². The highest BCUT2D eigenvalue weighted by Gasteiger charge is 2.06. The Morgan fingerprint density at radius 3 is 2.67 bits per heavy atom. The smallest absolute Gasteiger partial charge is 0.335 e. The van der Waals surface area contributed by atoms with Crippen molar-refractivity contribution in [3.63, 3.8) is 0 Å². The standard InChI is InChI=1S/C7H6N2O3/c8-6(10)5-3-4(7(11)12)1-2-9-5/h1-3H,(H2,8,10)(H,11,12). The summed E-state index contributed by atoms with van der Waals surface area (Å²) in [5, 5.41) is 8.51. The van der Waals surface area contributed by atoms with Crippen LogP contribution in [0.2, 0.25) is 0 Å². The van der Waals surface area contributed by atoms with Crippen molar-refractivity contribution in [1.29, 1.82) is 0 Å². The van der Waals surface area contributed by atoms with Crippen molar-refractivity contribution in [3.8, 4) is 0 Å². The molecule has 0 saturated carbocycles. The van der Waals surface area contributed by atoms with E-state index in [0.29, 0.717) is 0 Å². The van der Waals surface area contributed by atoms with Crippen molar-refractivity contribution in [2.45, 2.75) is 0 Å². The predicted octanol–water partition coefficient (Wildman–Crippen LogP) is -0.121. The van der Waals surface area contributed by atoms with Crippen LogP contribution in [0.15, 0.2) is 18.3 Å². The predicted molar refractivity (Wildman–Crippen MR) is 39.7 cm³/mol. The van der Waals surface area contributed by atoms with Gasteiger partial charge in [0.25, 0.3) is 5.91 Å². The molecule has 3 N–H and O–H groups in total. The summed E-state index contributed by atoms with van der Waals surface area (Å²) in [6.45, 7) is 0. The summed E-state index contributed by atoms with van der Waals surface area (Å²) in [4.78, 5) is 24.5. The Bertz CT molecular complexity index is 306. The SMILES string of the molecule is NC(=O)c1cc(C(=O)O)ccn1. The van der Waals surface area contributed by atoms with Gasteiger partial charge in [0.2, 0.25) is 0 Å². The van der Waals surface area contributed by atoms with E-state index in [9.17, 15) is 9.59 Å². The van der Waals surface area contributed by atoms with E-state index >= 15 is 0 Å². The van der Waals surface area contributed by atoms with Gasteiger partial charge in [0.15, 0.2) is 0 Å². The fraction of sp³-hybridized carbons (Fsp3) is 0. The van der Waals surface area contributed by atoms with Crippen LogP contribution < -0.4 is 5.73 Å². The third-order valence-corrected chi connectivity index (χ3v) is 1.26. The van der Waals surface area contributed by atoms with Gasteiger partial charge in [-0.2, -0.15) is 0 Å². The lowest BCUT2D eigenvalue weighted by molar-refractivity contribution is 0.0696. The fourth-order valence-corrected chi connectivity index (χ4v) is 0.698. The number of aromatic carboxylic acids is 1. The molecule has 0 saturated heterocycles. The molecule has 1 heterocycles. The summed E-state index contributed by atoms with van der Waals surface area (Å²) in [6.07, 6.45) is 1.23. The first-order chi connectivity index (χ1) is 5.61. The summed E-state index contributed by atoms with van der Waals surface area (Å²) in [7, 11) is 0. The van der Waals surface area contributed by atoms with Crippen LogP contribution >= 0.6 is 0 Å². The minimum Gasteiger partial charge on any atom is -0.478 e. The highest BCUT2D eigenvalue weighted by Crippen LogP contribution is 2.00. The van der Waals surface area contributed by atoms with Gasteiger partial charge < -0.3 is 10.8 Å². The zero-order chi connectivity index (χ0) is 9.14. The number of aromatic nitrogens is 1. The molecule has 0 aromatic carbocycles. The first-order valence-electron chi connectivity index (χ1n) is 3.10. The molecule has 0 unspecified atom stereocenters. The molecular weight excluding hydrogens is 160 g/mol. The Morgan fingerprint density at radius 1 is 1.50 bits per heavy atom. The van der Waals surface area contributed by atoms with Crippen LogP contribution in [0.1, 0.15) is 20.8 Å². The van der Waals surface area contributed by atoms with Crippen molar-refractivity contribution in [2.75, 3.05) is 0 Å². The Labute approximate surface area is 67.8 Å². The zero-order valence-corrected chi connectivity index (χ0v) is 6.02. The molecule has 0 fully saturated rings. The molecule has 1 aromatic heterocycles. The third kappa shape index (κ3) is 1.57. The average Bonchev–Trinajstić information content (AvgIpc) is 2.04. The molecule has 0 aliphatic rings. The van der Waals surface area contributed by atoms with Gasteiger partial charge in [0.1, 0.15) is 5.69 Å². The minimum atomic E-state index is -1.11. The Hall–Kier alpha value is -1.91. The molecule has 12 heavy (non-hydrogen) atoms. The summed E-state index contributed by atoms with van der Waals surface area (Å²) in [5.41, 5.74) is 4.84. The number of hydrogen-bond donors (Lipinski definition) is 2. The summed E-state index contributed by atoms with van der Waals surface area (Å²) in [6, 6.07) is 2.42. The number of carbonyl (C=O) groups is 2. The Morgan fingerprint density at radius 2 is 2.17 bits per heavy atom. The lowest BCUT2D eigenvalue weighted by Crippen LogP contribution is -2.13. The number of amides is 1. The molecule has 0 radical (unpaired) electrons. The number of carbonyl (C=O) groups excluding carboxylic acids is 1. The lowest BCUT2D eigenvalue weighted by atomic mass is 10.2. The van der Waals surface area contributed by atoms with Gasteiger partial charge in [-0.05, 0) is 12.1 Å². The van der Waals surface area contributed by atoms with Crippen molar-refractivity contribution < 1.29 is 14.7 Å². The number of pyridine rings is 1. The fourth-order valence-electron chi connectivity index (χ4n) is 0.698. The first kappa shape index (κ1) is 8.19. The zero-order valence-electron chi connectivity index (χ0n) is 6.02. The molecule has 5 heteroatoms. The van der Waals surface area contributed by atoms with E-state index in [0.717, 1.165) is 6.07 Å². The lowest BCUT2D eigenvalue weighted by Gasteiger charge is -1.95. The number of primary amides is 1. The van der Waals surface area contributed by atoms with Gasteiger partial charge in [-0.3, -0.25) is 9.78 Å². The van der Waals surface area contributed by atoms with E-state index in [2.05, 4.69) is 4.98 Å². The van der Waals surface area contributed by atoms with Gasteiger partial charge in [0.05, 0.1) is 5.56 Å². The number of nitrogens with zero attached hydrogens (tertiary/aromatic N) is 1. The van der Waals surface area contributed by atoms with Gasteiger partial charge in [0, 0.05) is 6.20 Å². The second kappa shape index (κ2) is 3.00. The second-order valence-electron chi connectivity index (χ2n) is 2.10. The molecule has 0 bridgehead atoms. The van der Waals surface area contributed by atoms with Gasteiger partial charge in [-0.15, -0.1) is 0 Å². The van der Waals surface area contributed by atoms with Crippen LogP contribution in [0.3, 0.4) is 0 Å². The largest absolute Gasteiger partial charge is 0.478 e. The Balaban J connectivity index is 3.12. The number of rotatable bonds is 2. The third-order valence-electron chi connectivity index (χ3n) is 1.26. The number of hydrogen-bond acceptors (Lipinski definition) is 3. The molecular formula is C7H6N2O3. The molecule has 0 atom stereocenters. The van der Waals surface area contributed by atoms with E-state index in [1.807, 2.05) is 0 Å². The molecule has 0 spiro atoms. The van der Waals surface area contributed by atoms with Gasteiger partial charge >= 0.3 is 5.97 Å². The van der Waals surface area contributed by atoms with Crippen molar-refractivity contribution in [1.82, 2.24) is 4.98 Å². The van der Waals surface area contributed by atoms with E-state index in [1.54, 1.807) is 0 Å². The normalized spacial score (nSPS) is 9.33. The van der Waals surface area contributed by atoms with E-state index in [1.165, 1.54) is 12.3 Å². The maximum absolute atomic E-state index is 10.5. The molecule has 1 amide bonds. The number of carboxylic acid groups (broad SMARTS) is 1. The molecule has 62 valence electrons. The van der Waals surface area contributed by atoms with Gasteiger partial charge in [-0.1, -0.05) is 0 Å². The molecule has 1 rings (SSSR count). The summed E-state index contributed by atoms with van der Waals surface area (Å²) in [5.74, 6) is -1.85. The Kier molecular flexibility index (Phi) is 2.05. The van der Waals surface area contributed by atoms with Gasteiger partial charge in [-0.25, -0.2) is 4.79 Å². The maximum atomic E-state index is 10.5. The van der Waals surface area contributed by atoms with E-state index in [4.69, 9.17) is 10.8 Å². The van der Waals surface area contributed by atoms with Crippen LogP contribution in [-0.2, 0) is 0 Å². The molecule has 1 aromatic rings. The number of nitrogens with two attached hydrogens (primary N) is 1. The highest BCUT2D eigenvalue weighted by atomic mass is 16.4. The molecule has 5 nitrogen and oxygen atoms in total. The van der Waals surface area contributed by atoms with Crippen LogP contribution in [0.25, 0.3) is 0 Å². The summed E-state index contributed by atoms with van der Waals surface area (Å²) >= 11 is 0. The van der Waals surface area contributed by atoms with Crippen LogP contribution in [0.5, 0.6) is 0 Å². The summed E-state index contributed by atoms with van der Waals surface area (Å²) < 4.78 is 0. The molecule has 0 aliphatic heterocycles. The number of carboxylic acids is 1. The topological polar surface area (TPSA) is 93.3 Å². The van der Waals surface area contributed by atoms with E-state index < -0.39 is 11.9 Å². The monoisotopic (exact) mass is 166 g/mol. The first-order valence-corrected chi connectivity index (χ1v) is 3.10. The second-order valence-corrected chi connectivity index (χ2v) is 2.10. The van der Waals surface area contributed by atoms with Crippen LogP contribution in [0, 0.1) is 0 Å². The van der Waals surface area contributed by atoms with E-state index in [-0.39, 0.29) is 11.3 Å². The average molecular weight is 166 g/mol. The van der Waals surface area contributed by atoms with Crippen molar-refractivity contribution in [2.24, 2.45) is 5.73 Å². The highest BCUT2D eigenvalue weighted by molar-refractivity contribution is 5.94. The molecule has 0 aliphatic carbocycles. The van der Waals surface area contributed by atoms with Crippen molar-refractivity contribution in [3.05, 3.63) is 29.6 Å². The van der Waals surface area contributed by atoms with Crippen LogP contribution in [-0.4, -0.2) is 22.0 Å². The van der Waals surface area contributed by atoms with Crippen molar-refractivity contribution >= 4 is 11.9 Å². The maximum Gasteiger partial charge on any atom is 0.335 e. The minimum absolute atomic E-state index is 0.00111. The quantitative estimate of drug-likeness (QED) is 0.640.